The number of hydrogen-bond acceptors (Lipinski definition) is 8. The van der Waals surface area contributed by atoms with Gasteiger partial charge in [0.25, 0.3) is 5.91 Å². The normalized spacial score (nSPS) is 16.1. The quantitative estimate of drug-likeness (QED) is 0.218. The summed E-state index contributed by atoms with van der Waals surface area (Å²) < 4.78 is 26.1. The Morgan fingerprint density at radius 3 is 2.65 bits per heavy atom. The van der Waals surface area contributed by atoms with Crippen molar-refractivity contribution in [2.24, 2.45) is 0 Å². The minimum atomic E-state index is -0.539. The number of hydrogen-bond donors (Lipinski definition) is 3. The lowest BCUT2D eigenvalue weighted by Gasteiger charge is -2.35. The summed E-state index contributed by atoms with van der Waals surface area (Å²) in [6.45, 7) is 11.7. The Labute approximate surface area is 256 Å². The topological polar surface area (TPSA) is 120 Å². The molecule has 2 amide bonds. The molecule has 0 saturated carbocycles. The van der Waals surface area contributed by atoms with Crippen molar-refractivity contribution < 1.29 is 23.5 Å². The number of nitrogens with one attached hydrogen (secondary N) is 3. The molecule has 43 heavy (non-hydrogen) atoms. The predicted molar refractivity (Wildman–Crippen MR) is 166 cm³/mol. The molecule has 230 valence electrons. The van der Waals surface area contributed by atoms with Crippen LogP contribution in [0.4, 0.5) is 15.0 Å². The number of benzene rings is 1. The molecule has 1 aromatic heterocycles. The van der Waals surface area contributed by atoms with E-state index in [1.54, 1.807) is 23.1 Å². The van der Waals surface area contributed by atoms with Crippen LogP contribution in [0.5, 0.6) is 5.75 Å². The van der Waals surface area contributed by atoms with Crippen molar-refractivity contribution >= 4 is 41.2 Å². The molecule has 3 heterocycles. The van der Waals surface area contributed by atoms with Gasteiger partial charge in [0.15, 0.2) is 11.6 Å². The summed E-state index contributed by atoms with van der Waals surface area (Å²) in [6.07, 6.45) is 4.09. The average molecular weight is 613 g/mol. The summed E-state index contributed by atoms with van der Waals surface area (Å²) in [6, 6.07) is 5.97. The van der Waals surface area contributed by atoms with Gasteiger partial charge in [-0.05, 0) is 63.6 Å². The van der Waals surface area contributed by atoms with E-state index in [0.717, 1.165) is 6.21 Å². The van der Waals surface area contributed by atoms with Gasteiger partial charge in [-0.3, -0.25) is 9.69 Å². The van der Waals surface area contributed by atoms with E-state index in [-0.39, 0.29) is 17.2 Å². The zero-order valence-corrected chi connectivity index (χ0v) is 25.7. The molecule has 0 spiro atoms. The Kier molecular flexibility index (Phi) is 10.4. The van der Waals surface area contributed by atoms with Crippen LogP contribution in [0.1, 0.15) is 33.3 Å². The highest BCUT2D eigenvalue weighted by Gasteiger charge is 2.26. The fourth-order valence-corrected chi connectivity index (χ4v) is 4.91. The molecule has 1 aromatic carbocycles. The summed E-state index contributed by atoms with van der Waals surface area (Å²) in [4.78, 5) is 33.8. The van der Waals surface area contributed by atoms with Gasteiger partial charge in [-0.2, -0.15) is 0 Å². The zero-order chi connectivity index (χ0) is 31.1. The highest BCUT2D eigenvalue weighted by molar-refractivity contribution is 6.30. The number of halogens is 2. The third kappa shape index (κ3) is 8.32. The fourth-order valence-electron chi connectivity index (χ4n) is 4.73. The first-order valence-corrected chi connectivity index (χ1v) is 14.6. The van der Waals surface area contributed by atoms with Crippen LogP contribution in [-0.2, 0) is 9.53 Å². The third-order valence-corrected chi connectivity index (χ3v) is 7.14. The van der Waals surface area contributed by atoms with E-state index >= 15 is 0 Å². The van der Waals surface area contributed by atoms with Gasteiger partial charge in [-0.15, -0.1) is 0 Å². The molecule has 2 aliphatic rings. The number of pyridine rings is 1. The first-order valence-electron chi connectivity index (χ1n) is 14.2. The van der Waals surface area contributed by atoms with Crippen LogP contribution < -0.4 is 15.4 Å². The van der Waals surface area contributed by atoms with Crippen molar-refractivity contribution in [1.82, 2.24) is 20.1 Å². The molecule has 1 saturated heterocycles. The van der Waals surface area contributed by atoms with Crippen LogP contribution in [0.2, 0.25) is 5.02 Å². The maximum atomic E-state index is 14.8. The molecule has 0 unspecified atom stereocenters. The first-order chi connectivity index (χ1) is 20.5. The summed E-state index contributed by atoms with van der Waals surface area (Å²) in [7, 11) is 0. The van der Waals surface area contributed by atoms with Crippen LogP contribution in [0.3, 0.4) is 0 Å². The van der Waals surface area contributed by atoms with Crippen LogP contribution in [0, 0.1) is 11.2 Å². The molecule has 2 aromatic rings. The molecule has 10 nitrogen and oxygen atoms in total. The number of allylic oxidation sites excluding steroid dienone is 3. The van der Waals surface area contributed by atoms with Crippen molar-refractivity contribution in [2.75, 3.05) is 57.7 Å². The second-order valence-electron chi connectivity index (χ2n) is 11.2. The van der Waals surface area contributed by atoms with Gasteiger partial charge in [0.2, 0.25) is 0 Å². The number of carbonyl (C=O) groups is 2. The molecule has 0 radical (unpaired) electrons. The van der Waals surface area contributed by atoms with Gasteiger partial charge in [0, 0.05) is 61.6 Å². The minimum Gasteiger partial charge on any atom is -0.487 e. The van der Waals surface area contributed by atoms with E-state index in [0.29, 0.717) is 85.8 Å². The number of anilines is 1. The van der Waals surface area contributed by atoms with Gasteiger partial charge in [-0.25, -0.2) is 14.2 Å². The van der Waals surface area contributed by atoms with E-state index in [1.807, 2.05) is 27.7 Å². The van der Waals surface area contributed by atoms with E-state index in [4.69, 9.17) is 26.5 Å². The Bertz CT molecular complexity index is 1430. The zero-order valence-electron chi connectivity index (χ0n) is 24.9. The van der Waals surface area contributed by atoms with Crippen molar-refractivity contribution in [3.63, 3.8) is 0 Å². The Balaban J connectivity index is 1.44. The largest absolute Gasteiger partial charge is 0.487 e. The molecular weight excluding hydrogens is 575 g/mol. The van der Waals surface area contributed by atoms with Crippen LogP contribution in [0.15, 0.2) is 42.0 Å². The molecule has 0 aliphatic carbocycles. The smallest absolute Gasteiger partial charge is 0.410 e. The highest BCUT2D eigenvalue weighted by Crippen LogP contribution is 2.39. The van der Waals surface area contributed by atoms with Gasteiger partial charge in [-0.1, -0.05) is 17.7 Å². The van der Waals surface area contributed by atoms with Crippen LogP contribution in [0.25, 0.3) is 16.8 Å². The number of carbonyl (C=O) groups excluding carboxylic acids is 2. The Hall–Kier alpha value is -3.96. The maximum Gasteiger partial charge on any atom is 0.410 e. The molecule has 2 aliphatic heterocycles. The number of amides is 2. The van der Waals surface area contributed by atoms with Crippen LogP contribution in [-0.4, -0.2) is 91.0 Å². The maximum absolute atomic E-state index is 14.8. The van der Waals surface area contributed by atoms with Crippen molar-refractivity contribution in [1.29, 1.82) is 5.41 Å². The molecular formula is C31H38ClFN6O4. The number of rotatable bonds is 8. The summed E-state index contributed by atoms with van der Waals surface area (Å²) in [5.74, 6) is 0.0725. The molecule has 0 atom stereocenters. The van der Waals surface area contributed by atoms with Gasteiger partial charge in [0.1, 0.15) is 18.0 Å². The van der Waals surface area contributed by atoms with E-state index in [2.05, 4.69) is 20.5 Å². The summed E-state index contributed by atoms with van der Waals surface area (Å²) in [5.41, 5.74) is 1.41. The number of aromatic nitrogens is 1. The lowest BCUT2D eigenvalue weighted by molar-refractivity contribution is -0.117. The average Bonchev–Trinajstić information content (AvgIpc) is 2.98. The van der Waals surface area contributed by atoms with Crippen molar-refractivity contribution in [3.8, 4) is 17.0 Å². The van der Waals surface area contributed by atoms with E-state index in [9.17, 15) is 14.0 Å². The van der Waals surface area contributed by atoms with E-state index in [1.165, 1.54) is 18.2 Å². The molecule has 1 fully saturated rings. The standard InChI is InChI=1S/C31H38ClFN6O4/c1-5-20(23-18-26(24-17-22(32)6-7-25(24)33)37-28-27(23)42-15-9-35-28)16-21(19-34)29(40)36-8-10-38-11-13-39(14-12-38)30(41)43-31(2,3)4/h5-7,16-19,34H,8-15H2,1-4H3,(H,35,37)(H,36,40)/b20-5+,21-16+,34-19?. The number of ether oxygens (including phenoxy) is 2. The predicted octanol–water partition coefficient (Wildman–Crippen LogP) is 4.99. The third-order valence-electron chi connectivity index (χ3n) is 6.91. The van der Waals surface area contributed by atoms with Crippen LogP contribution >= 0.6 is 11.6 Å². The fraction of sp³-hybridized carbons (Fsp3) is 0.419. The SMILES string of the molecule is C/C=C(\C=C(/C=N)C(=O)NCCN1CCN(C(=O)OC(C)(C)C)CC1)c1cc(-c2cc(Cl)ccc2F)nc2c1OCCN2. The lowest BCUT2D eigenvalue weighted by Crippen LogP contribution is -2.51. The van der Waals surface area contributed by atoms with Gasteiger partial charge >= 0.3 is 6.09 Å². The Morgan fingerprint density at radius 2 is 1.98 bits per heavy atom. The molecule has 4 rings (SSSR count). The van der Waals surface area contributed by atoms with Crippen molar-refractivity contribution in [3.05, 3.63) is 58.4 Å². The Morgan fingerprint density at radius 1 is 1.23 bits per heavy atom. The van der Waals surface area contributed by atoms with Gasteiger partial charge in [0.05, 0.1) is 17.8 Å². The number of piperazine rings is 1. The lowest BCUT2D eigenvalue weighted by atomic mass is 9.99. The first kappa shape index (κ1) is 32.0. The van der Waals surface area contributed by atoms with Gasteiger partial charge < -0.3 is 30.4 Å². The highest BCUT2D eigenvalue weighted by atomic mass is 35.5. The number of fused-ring (bicyclic) bond motifs is 1. The summed E-state index contributed by atoms with van der Waals surface area (Å²) >= 11 is 6.14. The second kappa shape index (κ2) is 14.0. The number of nitrogens with zero attached hydrogens (tertiary/aromatic N) is 3. The molecule has 12 heteroatoms. The molecule has 3 N–H and O–H groups in total. The second-order valence-corrected chi connectivity index (χ2v) is 11.6. The molecule has 0 bridgehead atoms. The van der Waals surface area contributed by atoms with Crippen molar-refractivity contribution in [2.45, 2.75) is 33.3 Å². The minimum absolute atomic E-state index is 0.146. The van der Waals surface area contributed by atoms with E-state index < -0.39 is 17.3 Å². The summed E-state index contributed by atoms with van der Waals surface area (Å²) in [5, 5.41) is 14.4. The monoisotopic (exact) mass is 612 g/mol.